The number of halogens is 1. The van der Waals surface area contributed by atoms with E-state index in [2.05, 4.69) is 10.0 Å². The number of rotatable bonds is 5. The van der Waals surface area contributed by atoms with Gasteiger partial charge >= 0.3 is 5.63 Å². The third-order valence-corrected chi connectivity index (χ3v) is 6.46. The van der Waals surface area contributed by atoms with E-state index in [1.807, 2.05) is 0 Å². The Bertz CT molecular complexity index is 1200. The zero-order chi connectivity index (χ0) is 20.4. The van der Waals surface area contributed by atoms with Crippen LogP contribution in [-0.2, 0) is 10.0 Å². The van der Waals surface area contributed by atoms with Crippen LogP contribution in [0.5, 0.6) is 0 Å². The first-order valence-corrected chi connectivity index (χ1v) is 11.0. The van der Waals surface area contributed by atoms with E-state index in [1.54, 1.807) is 24.3 Å². The minimum absolute atomic E-state index is 0.131. The first kappa shape index (κ1) is 19.4. The Labute approximate surface area is 167 Å². The summed E-state index contributed by atoms with van der Waals surface area (Å²) in [5, 5.41) is 3.96. The highest BCUT2D eigenvalue weighted by molar-refractivity contribution is 7.92. The Kier molecular flexibility index (Phi) is 5.27. The fourth-order valence-electron chi connectivity index (χ4n) is 3.67. The number of anilines is 2. The van der Waals surface area contributed by atoms with Crippen LogP contribution in [0.4, 0.5) is 15.8 Å². The lowest BCUT2D eigenvalue weighted by Crippen LogP contribution is -2.26. The predicted molar refractivity (Wildman–Crippen MR) is 110 cm³/mol. The number of hydrogen-bond donors (Lipinski definition) is 2. The Morgan fingerprint density at radius 1 is 0.966 bits per heavy atom. The van der Waals surface area contributed by atoms with Crippen LogP contribution in [0.25, 0.3) is 11.0 Å². The number of nitrogens with one attached hydrogen (secondary N) is 2. The van der Waals surface area contributed by atoms with Crippen LogP contribution in [0.3, 0.4) is 0 Å². The van der Waals surface area contributed by atoms with Crippen molar-refractivity contribution < 1.29 is 17.2 Å². The Morgan fingerprint density at radius 2 is 1.72 bits per heavy atom. The number of sulfonamides is 1. The molecule has 0 atom stereocenters. The van der Waals surface area contributed by atoms with Crippen LogP contribution >= 0.6 is 0 Å². The molecule has 8 heteroatoms. The normalized spacial score (nSPS) is 15.3. The van der Waals surface area contributed by atoms with Crippen molar-refractivity contribution in [2.45, 2.75) is 43.0 Å². The summed E-state index contributed by atoms with van der Waals surface area (Å²) in [7, 11) is -4.18. The molecule has 1 aliphatic carbocycles. The maximum Gasteiger partial charge on any atom is 0.363 e. The van der Waals surface area contributed by atoms with Gasteiger partial charge in [0.05, 0.1) is 10.6 Å². The van der Waals surface area contributed by atoms with Gasteiger partial charge in [0.2, 0.25) is 0 Å². The van der Waals surface area contributed by atoms with Crippen LogP contribution in [0.2, 0.25) is 0 Å². The van der Waals surface area contributed by atoms with Gasteiger partial charge in [0.25, 0.3) is 10.0 Å². The summed E-state index contributed by atoms with van der Waals surface area (Å²) < 4.78 is 46.8. The van der Waals surface area contributed by atoms with Crippen molar-refractivity contribution in [3.05, 3.63) is 64.8 Å². The summed E-state index contributed by atoms with van der Waals surface area (Å²) in [6.07, 6.45) is 5.17. The molecule has 0 saturated heterocycles. The largest absolute Gasteiger partial charge is 0.421 e. The fourth-order valence-corrected chi connectivity index (χ4v) is 4.77. The van der Waals surface area contributed by atoms with Crippen molar-refractivity contribution in [1.82, 2.24) is 0 Å². The van der Waals surface area contributed by atoms with E-state index in [0.717, 1.165) is 44.2 Å². The SMILES string of the molecule is O=c1oc2ccccc2c(NC2CCCCC2)c1NS(=O)(=O)c1cccc(F)c1. The molecule has 1 aliphatic rings. The quantitative estimate of drug-likeness (QED) is 0.599. The van der Waals surface area contributed by atoms with Crippen molar-refractivity contribution >= 4 is 32.4 Å². The summed E-state index contributed by atoms with van der Waals surface area (Å²) in [4.78, 5) is 12.4. The maximum absolute atomic E-state index is 13.5. The van der Waals surface area contributed by atoms with Gasteiger partial charge in [-0.1, -0.05) is 37.5 Å². The van der Waals surface area contributed by atoms with E-state index in [0.29, 0.717) is 16.7 Å². The second-order valence-corrected chi connectivity index (χ2v) is 8.86. The molecule has 1 fully saturated rings. The first-order valence-electron chi connectivity index (χ1n) is 9.55. The smallest absolute Gasteiger partial charge is 0.363 e. The average molecular weight is 416 g/mol. The van der Waals surface area contributed by atoms with Gasteiger partial charge in [-0.2, -0.15) is 0 Å². The van der Waals surface area contributed by atoms with E-state index in [4.69, 9.17) is 4.42 Å². The Morgan fingerprint density at radius 3 is 2.48 bits per heavy atom. The number of benzene rings is 2. The van der Waals surface area contributed by atoms with Gasteiger partial charge in [0.1, 0.15) is 11.4 Å². The second kappa shape index (κ2) is 7.87. The molecular weight excluding hydrogens is 395 g/mol. The lowest BCUT2D eigenvalue weighted by molar-refractivity contribution is 0.462. The van der Waals surface area contributed by atoms with Crippen LogP contribution in [0, 0.1) is 5.82 Å². The van der Waals surface area contributed by atoms with Gasteiger partial charge in [-0.15, -0.1) is 0 Å². The summed E-state index contributed by atoms with van der Waals surface area (Å²) in [5.74, 6) is -0.682. The van der Waals surface area contributed by atoms with E-state index in [-0.39, 0.29) is 16.6 Å². The van der Waals surface area contributed by atoms with Crippen LogP contribution < -0.4 is 15.7 Å². The lowest BCUT2D eigenvalue weighted by Gasteiger charge is -2.25. The summed E-state index contributed by atoms with van der Waals surface area (Å²) in [6.45, 7) is 0. The maximum atomic E-state index is 13.5. The van der Waals surface area contributed by atoms with Crippen LogP contribution in [0.15, 0.2) is 62.6 Å². The Hall–Kier alpha value is -2.87. The van der Waals surface area contributed by atoms with Crippen LogP contribution in [0.1, 0.15) is 32.1 Å². The summed E-state index contributed by atoms with van der Waals surface area (Å²) >= 11 is 0. The standard InChI is InChI=1S/C21H21FN2O4S/c22-14-7-6-10-16(13-14)29(26,27)24-20-19(23-15-8-2-1-3-9-15)17-11-4-5-12-18(17)28-21(20)25/h4-7,10-13,15,23-24H,1-3,8-9H2. The molecule has 29 heavy (non-hydrogen) atoms. The fraction of sp³-hybridized carbons (Fsp3) is 0.286. The highest BCUT2D eigenvalue weighted by atomic mass is 32.2. The molecule has 4 rings (SSSR count). The highest BCUT2D eigenvalue weighted by Crippen LogP contribution is 2.33. The van der Waals surface area contributed by atoms with E-state index >= 15 is 0 Å². The van der Waals surface area contributed by atoms with Crippen molar-refractivity contribution in [3.63, 3.8) is 0 Å². The molecule has 0 amide bonds. The van der Waals surface area contributed by atoms with Crippen molar-refractivity contribution in [3.8, 4) is 0 Å². The molecule has 0 radical (unpaired) electrons. The molecule has 0 aliphatic heterocycles. The molecule has 0 bridgehead atoms. The molecule has 1 aromatic heterocycles. The van der Waals surface area contributed by atoms with E-state index < -0.39 is 21.5 Å². The minimum atomic E-state index is -4.18. The monoisotopic (exact) mass is 416 g/mol. The zero-order valence-corrected chi connectivity index (χ0v) is 16.5. The average Bonchev–Trinajstić information content (AvgIpc) is 2.71. The third kappa shape index (κ3) is 4.12. The van der Waals surface area contributed by atoms with E-state index in [1.165, 1.54) is 12.1 Å². The molecule has 1 heterocycles. The molecule has 0 spiro atoms. The van der Waals surface area contributed by atoms with Crippen molar-refractivity contribution in [2.75, 3.05) is 10.0 Å². The lowest BCUT2D eigenvalue weighted by atomic mass is 9.95. The number of fused-ring (bicyclic) bond motifs is 1. The summed E-state index contributed by atoms with van der Waals surface area (Å²) in [6, 6.07) is 11.7. The molecule has 2 aromatic carbocycles. The van der Waals surface area contributed by atoms with Gasteiger partial charge in [0, 0.05) is 11.4 Å². The van der Waals surface area contributed by atoms with E-state index in [9.17, 15) is 17.6 Å². The molecule has 2 N–H and O–H groups in total. The molecule has 6 nitrogen and oxygen atoms in total. The van der Waals surface area contributed by atoms with Crippen molar-refractivity contribution in [2.24, 2.45) is 0 Å². The van der Waals surface area contributed by atoms with Gasteiger partial charge < -0.3 is 9.73 Å². The number of para-hydroxylation sites is 1. The third-order valence-electron chi connectivity index (χ3n) is 5.11. The predicted octanol–water partition coefficient (Wildman–Crippen LogP) is 4.48. The second-order valence-electron chi connectivity index (χ2n) is 7.18. The van der Waals surface area contributed by atoms with Gasteiger partial charge in [-0.25, -0.2) is 17.6 Å². The Balaban J connectivity index is 1.81. The zero-order valence-electron chi connectivity index (χ0n) is 15.7. The molecule has 152 valence electrons. The molecule has 1 saturated carbocycles. The molecule has 0 unspecified atom stereocenters. The van der Waals surface area contributed by atoms with Gasteiger partial charge in [0.15, 0.2) is 5.69 Å². The molecular formula is C21H21FN2O4S. The van der Waals surface area contributed by atoms with Gasteiger partial charge in [-0.3, -0.25) is 4.72 Å². The van der Waals surface area contributed by atoms with Crippen LogP contribution in [-0.4, -0.2) is 14.5 Å². The summed E-state index contributed by atoms with van der Waals surface area (Å²) in [5.41, 5.74) is -0.242. The molecule has 3 aromatic rings. The van der Waals surface area contributed by atoms with Gasteiger partial charge in [-0.05, 0) is 43.2 Å². The van der Waals surface area contributed by atoms with Crippen molar-refractivity contribution in [1.29, 1.82) is 0 Å². The topological polar surface area (TPSA) is 88.4 Å². The minimum Gasteiger partial charge on any atom is -0.421 e. The number of hydrogen-bond acceptors (Lipinski definition) is 5. The highest BCUT2D eigenvalue weighted by Gasteiger charge is 2.24. The first-order chi connectivity index (χ1) is 13.9.